The van der Waals surface area contributed by atoms with E-state index in [4.69, 9.17) is 0 Å². The molecule has 5 heteroatoms. The molecule has 0 bridgehead atoms. The lowest BCUT2D eigenvalue weighted by molar-refractivity contribution is 0.535. The van der Waals surface area contributed by atoms with E-state index in [9.17, 15) is 8.42 Å². The van der Waals surface area contributed by atoms with E-state index in [1.807, 2.05) is 37.3 Å². The summed E-state index contributed by atoms with van der Waals surface area (Å²) in [4.78, 5) is 0.266. The quantitative estimate of drug-likeness (QED) is 0.828. The van der Waals surface area contributed by atoms with Gasteiger partial charge in [0.25, 0.3) is 0 Å². The van der Waals surface area contributed by atoms with Gasteiger partial charge < -0.3 is 0 Å². The van der Waals surface area contributed by atoms with Crippen molar-refractivity contribution in [3.05, 3.63) is 64.6 Å². The lowest BCUT2D eigenvalue weighted by Gasteiger charge is -2.19. The molecule has 2 rings (SSSR count). The number of rotatable bonds is 6. The summed E-state index contributed by atoms with van der Waals surface area (Å²) in [6.45, 7) is 2.04. The summed E-state index contributed by atoms with van der Waals surface area (Å²) < 4.78 is 28.5. The van der Waals surface area contributed by atoms with Gasteiger partial charge in [-0.1, -0.05) is 55.8 Å². The van der Waals surface area contributed by atoms with E-state index in [0.717, 1.165) is 18.4 Å². The van der Waals surface area contributed by atoms with Crippen molar-refractivity contribution in [1.82, 2.24) is 4.72 Å². The van der Waals surface area contributed by atoms with Crippen LogP contribution in [0.25, 0.3) is 0 Å². The minimum Gasteiger partial charge on any atom is -0.207 e. The van der Waals surface area contributed by atoms with Crippen molar-refractivity contribution < 1.29 is 8.42 Å². The number of halogens is 1. The average Bonchev–Trinajstić information content (AvgIpc) is 2.48. The van der Waals surface area contributed by atoms with Crippen molar-refractivity contribution in [1.29, 1.82) is 0 Å². The molecule has 1 N–H and O–H groups in total. The van der Waals surface area contributed by atoms with Gasteiger partial charge in [-0.05, 0) is 40.0 Å². The zero-order valence-corrected chi connectivity index (χ0v) is 14.2. The van der Waals surface area contributed by atoms with Gasteiger partial charge in [0.15, 0.2) is 0 Å². The Balaban J connectivity index is 2.30. The maximum atomic E-state index is 12.6. The molecule has 0 fully saturated rings. The van der Waals surface area contributed by atoms with Gasteiger partial charge in [-0.3, -0.25) is 0 Å². The van der Waals surface area contributed by atoms with Gasteiger partial charge in [0, 0.05) is 10.5 Å². The monoisotopic (exact) mass is 367 g/mol. The maximum absolute atomic E-state index is 12.6. The van der Waals surface area contributed by atoms with E-state index in [0.29, 0.717) is 4.47 Å². The standard InChI is InChI=1S/C16H18BrNO2S/c1-2-8-15(13-9-4-3-5-10-13)18-21(19,20)16-12-7-6-11-14(16)17/h3-7,9-12,15,18H,2,8H2,1H3. The summed E-state index contributed by atoms with van der Waals surface area (Å²) in [5, 5.41) is 0. The summed E-state index contributed by atoms with van der Waals surface area (Å²) in [5.41, 5.74) is 0.981. The Kier molecular flexibility index (Phi) is 5.56. The predicted octanol–water partition coefficient (Wildman–Crippen LogP) is 4.27. The van der Waals surface area contributed by atoms with Gasteiger partial charge in [-0.15, -0.1) is 0 Å². The molecular weight excluding hydrogens is 350 g/mol. The van der Waals surface area contributed by atoms with Gasteiger partial charge in [-0.25, -0.2) is 13.1 Å². The highest BCUT2D eigenvalue weighted by molar-refractivity contribution is 9.10. The van der Waals surface area contributed by atoms with Crippen LogP contribution in [0.15, 0.2) is 64.0 Å². The van der Waals surface area contributed by atoms with E-state index < -0.39 is 10.0 Å². The SMILES string of the molecule is CCCC(NS(=O)(=O)c1ccccc1Br)c1ccccc1. The lowest BCUT2D eigenvalue weighted by atomic mass is 10.0. The van der Waals surface area contributed by atoms with Crippen molar-refractivity contribution in [2.45, 2.75) is 30.7 Å². The number of sulfonamides is 1. The Morgan fingerprint density at radius 2 is 1.67 bits per heavy atom. The summed E-state index contributed by atoms with van der Waals surface area (Å²) in [5.74, 6) is 0. The molecule has 0 spiro atoms. The molecule has 2 aromatic rings. The third kappa shape index (κ3) is 4.15. The highest BCUT2D eigenvalue weighted by atomic mass is 79.9. The second-order valence-corrected chi connectivity index (χ2v) is 7.34. The minimum absolute atomic E-state index is 0.215. The average molecular weight is 368 g/mol. The van der Waals surface area contributed by atoms with Crippen molar-refractivity contribution in [2.75, 3.05) is 0 Å². The van der Waals surface area contributed by atoms with Crippen LogP contribution in [0.5, 0.6) is 0 Å². The summed E-state index contributed by atoms with van der Waals surface area (Å²) in [6, 6.07) is 16.3. The van der Waals surface area contributed by atoms with Gasteiger partial charge in [0.2, 0.25) is 10.0 Å². The molecule has 0 aliphatic heterocycles. The molecule has 2 aromatic carbocycles. The topological polar surface area (TPSA) is 46.2 Å². The van der Waals surface area contributed by atoms with Gasteiger partial charge in [0.05, 0.1) is 4.90 Å². The van der Waals surface area contributed by atoms with Crippen LogP contribution in [0.3, 0.4) is 0 Å². The number of nitrogens with one attached hydrogen (secondary N) is 1. The van der Waals surface area contributed by atoms with Crippen LogP contribution < -0.4 is 4.72 Å². The molecule has 0 aliphatic rings. The highest BCUT2D eigenvalue weighted by Crippen LogP contribution is 2.25. The van der Waals surface area contributed by atoms with Gasteiger partial charge >= 0.3 is 0 Å². The zero-order chi connectivity index (χ0) is 15.3. The zero-order valence-electron chi connectivity index (χ0n) is 11.8. The maximum Gasteiger partial charge on any atom is 0.242 e. The van der Waals surface area contributed by atoms with E-state index in [1.54, 1.807) is 24.3 Å². The fraction of sp³-hybridized carbons (Fsp3) is 0.250. The van der Waals surface area contributed by atoms with E-state index in [1.165, 1.54) is 0 Å². The molecule has 112 valence electrons. The molecule has 21 heavy (non-hydrogen) atoms. The molecule has 0 saturated heterocycles. The molecule has 3 nitrogen and oxygen atoms in total. The first kappa shape index (κ1) is 16.2. The lowest BCUT2D eigenvalue weighted by Crippen LogP contribution is -2.28. The molecular formula is C16H18BrNO2S. The normalized spacial score (nSPS) is 13.0. The molecule has 1 atom stereocenters. The second kappa shape index (κ2) is 7.20. The van der Waals surface area contributed by atoms with Gasteiger partial charge in [-0.2, -0.15) is 0 Å². The van der Waals surface area contributed by atoms with Crippen LogP contribution in [-0.2, 0) is 10.0 Å². The highest BCUT2D eigenvalue weighted by Gasteiger charge is 2.22. The summed E-state index contributed by atoms with van der Waals surface area (Å²) >= 11 is 3.30. The Bertz CT molecular complexity index is 686. The summed E-state index contributed by atoms with van der Waals surface area (Å²) in [6.07, 6.45) is 1.66. The first-order chi connectivity index (χ1) is 10.0. The minimum atomic E-state index is -3.56. The van der Waals surface area contributed by atoms with Crippen LogP contribution in [-0.4, -0.2) is 8.42 Å². The first-order valence-electron chi connectivity index (χ1n) is 6.86. The Hall–Kier alpha value is -1.17. The fourth-order valence-corrected chi connectivity index (χ4v) is 4.44. The third-order valence-electron chi connectivity index (χ3n) is 3.20. The van der Waals surface area contributed by atoms with Gasteiger partial charge in [0.1, 0.15) is 0 Å². The van der Waals surface area contributed by atoms with E-state index in [-0.39, 0.29) is 10.9 Å². The third-order valence-corrected chi connectivity index (χ3v) is 5.69. The Morgan fingerprint density at radius 1 is 1.05 bits per heavy atom. The van der Waals surface area contributed by atoms with E-state index in [2.05, 4.69) is 20.7 Å². The number of hydrogen-bond donors (Lipinski definition) is 1. The van der Waals surface area contributed by atoms with Crippen LogP contribution in [0, 0.1) is 0 Å². The first-order valence-corrected chi connectivity index (χ1v) is 9.14. The largest absolute Gasteiger partial charge is 0.242 e. The van der Waals surface area contributed by atoms with Crippen molar-refractivity contribution in [3.8, 4) is 0 Å². The molecule has 0 aromatic heterocycles. The second-order valence-electron chi connectivity index (χ2n) is 4.80. The van der Waals surface area contributed by atoms with E-state index >= 15 is 0 Å². The van der Waals surface area contributed by atoms with Crippen molar-refractivity contribution in [2.24, 2.45) is 0 Å². The predicted molar refractivity (Wildman–Crippen MR) is 88.6 cm³/mol. The van der Waals surface area contributed by atoms with Crippen LogP contribution in [0.2, 0.25) is 0 Å². The molecule has 0 amide bonds. The van der Waals surface area contributed by atoms with Crippen LogP contribution in [0.1, 0.15) is 31.4 Å². The molecule has 0 saturated carbocycles. The Labute approximate surface area is 134 Å². The van der Waals surface area contributed by atoms with Crippen molar-refractivity contribution >= 4 is 26.0 Å². The van der Waals surface area contributed by atoms with Crippen LogP contribution in [0.4, 0.5) is 0 Å². The summed E-state index contributed by atoms with van der Waals surface area (Å²) in [7, 11) is -3.56. The molecule has 0 aliphatic carbocycles. The van der Waals surface area contributed by atoms with Crippen LogP contribution >= 0.6 is 15.9 Å². The fourth-order valence-electron chi connectivity index (χ4n) is 2.18. The number of hydrogen-bond acceptors (Lipinski definition) is 2. The van der Waals surface area contributed by atoms with Crippen molar-refractivity contribution in [3.63, 3.8) is 0 Å². The molecule has 1 unspecified atom stereocenters. The smallest absolute Gasteiger partial charge is 0.207 e. The molecule has 0 heterocycles. The number of benzene rings is 2. The Morgan fingerprint density at radius 3 is 2.29 bits per heavy atom. The molecule has 0 radical (unpaired) electrons.